The smallest absolute Gasteiger partial charge is 0.273 e. The van der Waals surface area contributed by atoms with E-state index in [2.05, 4.69) is 32.7 Å². The van der Waals surface area contributed by atoms with Gasteiger partial charge in [-0.05, 0) is 18.9 Å². The van der Waals surface area contributed by atoms with Gasteiger partial charge in [-0.1, -0.05) is 30.3 Å². The fourth-order valence-corrected chi connectivity index (χ4v) is 2.28. The van der Waals surface area contributed by atoms with Gasteiger partial charge in [0.15, 0.2) is 0 Å². The van der Waals surface area contributed by atoms with Gasteiger partial charge >= 0.3 is 0 Å². The third-order valence-corrected chi connectivity index (χ3v) is 3.45. The number of benzene rings is 1. The molecule has 0 fully saturated rings. The molecule has 7 nitrogen and oxygen atoms in total. The van der Waals surface area contributed by atoms with Crippen molar-refractivity contribution >= 4 is 11.6 Å². The van der Waals surface area contributed by atoms with Crippen LogP contribution in [0.2, 0.25) is 0 Å². The molecule has 0 atom stereocenters. The molecule has 0 saturated carbocycles. The van der Waals surface area contributed by atoms with Crippen LogP contribution in [0.1, 0.15) is 23.0 Å². The summed E-state index contributed by atoms with van der Waals surface area (Å²) in [6, 6.07) is 11.8. The Morgan fingerprint density at radius 2 is 2.17 bits per heavy atom. The lowest BCUT2D eigenvalue weighted by Gasteiger charge is -2.02. The van der Waals surface area contributed by atoms with Crippen LogP contribution in [0, 0.1) is 0 Å². The SMILES string of the molecule is CCOc1cc(C(=O)Nc2cnn(CCc3ccccc3)c2)[nH]n1. The molecule has 0 bridgehead atoms. The highest BCUT2D eigenvalue weighted by Crippen LogP contribution is 2.12. The van der Waals surface area contributed by atoms with E-state index in [9.17, 15) is 4.79 Å². The molecule has 0 radical (unpaired) electrons. The lowest BCUT2D eigenvalue weighted by molar-refractivity contribution is 0.102. The van der Waals surface area contributed by atoms with E-state index < -0.39 is 0 Å². The number of rotatable bonds is 7. The fourth-order valence-electron chi connectivity index (χ4n) is 2.28. The van der Waals surface area contributed by atoms with E-state index in [1.54, 1.807) is 23.1 Å². The Morgan fingerprint density at radius 3 is 2.96 bits per heavy atom. The summed E-state index contributed by atoms with van der Waals surface area (Å²) in [5.74, 6) is 0.122. The molecule has 0 unspecified atom stereocenters. The first-order chi connectivity index (χ1) is 11.7. The van der Waals surface area contributed by atoms with Crippen molar-refractivity contribution in [3.05, 3.63) is 60.0 Å². The molecule has 0 aliphatic rings. The maximum atomic E-state index is 12.1. The van der Waals surface area contributed by atoms with Gasteiger partial charge in [0.25, 0.3) is 5.91 Å². The van der Waals surface area contributed by atoms with Crippen molar-refractivity contribution in [2.75, 3.05) is 11.9 Å². The average Bonchev–Trinajstić information content (AvgIpc) is 3.24. The van der Waals surface area contributed by atoms with Crippen molar-refractivity contribution in [3.8, 4) is 5.88 Å². The molecular weight excluding hydrogens is 306 g/mol. The van der Waals surface area contributed by atoms with Gasteiger partial charge in [-0.25, -0.2) is 0 Å². The molecule has 1 amide bonds. The van der Waals surface area contributed by atoms with E-state index in [0.29, 0.717) is 23.9 Å². The van der Waals surface area contributed by atoms with Gasteiger partial charge in [0.05, 0.1) is 18.5 Å². The number of nitrogens with zero attached hydrogens (tertiary/aromatic N) is 3. The number of anilines is 1. The highest BCUT2D eigenvalue weighted by atomic mass is 16.5. The molecule has 3 aromatic rings. The molecule has 2 heterocycles. The highest BCUT2D eigenvalue weighted by Gasteiger charge is 2.11. The van der Waals surface area contributed by atoms with E-state index in [-0.39, 0.29) is 5.91 Å². The summed E-state index contributed by atoms with van der Waals surface area (Å²) in [5.41, 5.74) is 2.23. The quantitative estimate of drug-likeness (QED) is 0.699. The number of nitrogens with one attached hydrogen (secondary N) is 2. The predicted molar refractivity (Wildman–Crippen MR) is 90.1 cm³/mol. The van der Waals surface area contributed by atoms with E-state index in [1.165, 1.54) is 5.56 Å². The summed E-state index contributed by atoms with van der Waals surface area (Å²) >= 11 is 0. The van der Waals surface area contributed by atoms with Gasteiger partial charge in [0.1, 0.15) is 5.69 Å². The zero-order valence-electron chi connectivity index (χ0n) is 13.4. The number of aryl methyl sites for hydroxylation is 2. The first-order valence-electron chi connectivity index (χ1n) is 7.80. The van der Waals surface area contributed by atoms with Crippen molar-refractivity contribution in [1.82, 2.24) is 20.0 Å². The lowest BCUT2D eigenvalue weighted by atomic mass is 10.1. The zero-order chi connectivity index (χ0) is 16.8. The van der Waals surface area contributed by atoms with E-state index in [1.807, 2.05) is 25.1 Å². The Labute approximate surface area is 139 Å². The van der Waals surface area contributed by atoms with Crippen LogP contribution in [0.5, 0.6) is 5.88 Å². The summed E-state index contributed by atoms with van der Waals surface area (Å²) in [6.07, 6.45) is 4.32. The maximum absolute atomic E-state index is 12.1. The van der Waals surface area contributed by atoms with Crippen molar-refractivity contribution in [3.63, 3.8) is 0 Å². The molecule has 1 aromatic carbocycles. The van der Waals surface area contributed by atoms with Crippen molar-refractivity contribution < 1.29 is 9.53 Å². The molecule has 2 aromatic heterocycles. The van der Waals surface area contributed by atoms with Crippen LogP contribution in [0.3, 0.4) is 0 Å². The predicted octanol–water partition coefficient (Wildman–Crippen LogP) is 2.50. The average molecular weight is 325 g/mol. The van der Waals surface area contributed by atoms with Crippen LogP contribution >= 0.6 is 0 Å². The Hall–Kier alpha value is -3.09. The molecule has 0 saturated heterocycles. The van der Waals surface area contributed by atoms with Crippen molar-refractivity contribution in [2.45, 2.75) is 19.9 Å². The number of H-pyrrole nitrogens is 1. The van der Waals surface area contributed by atoms with Crippen LogP contribution in [-0.2, 0) is 13.0 Å². The molecule has 124 valence electrons. The van der Waals surface area contributed by atoms with Crippen molar-refractivity contribution in [2.24, 2.45) is 0 Å². The number of amides is 1. The number of ether oxygens (including phenoxy) is 1. The van der Waals surface area contributed by atoms with Gasteiger partial charge in [-0.2, -0.15) is 5.10 Å². The third-order valence-electron chi connectivity index (χ3n) is 3.45. The molecule has 7 heteroatoms. The number of hydrogen-bond acceptors (Lipinski definition) is 4. The summed E-state index contributed by atoms with van der Waals surface area (Å²) in [7, 11) is 0. The third kappa shape index (κ3) is 4.01. The normalized spacial score (nSPS) is 10.5. The molecule has 0 aliphatic carbocycles. The van der Waals surface area contributed by atoms with E-state index in [0.717, 1.165) is 13.0 Å². The van der Waals surface area contributed by atoms with Gasteiger partial charge in [-0.3, -0.25) is 14.6 Å². The second kappa shape index (κ2) is 7.45. The van der Waals surface area contributed by atoms with Crippen molar-refractivity contribution in [1.29, 1.82) is 0 Å². The topological polar surface area (TPSA) is 84.8 Å². The summed E-state index contributed by atoms with van der Waals surface area (Å²) < 4.78 is 7.03. The Bertz CT molecular complexity index is 794. The fraction of sp³-hybridized carbons (Fsp3) is 0.235. The molecule has 0 spiro atoms. The second-order valence-corrected chi connectivity index (χ2v) is 5.23. The van der Waals surface area contributed by atoms with E-state index >= 15 is 0 Å². The van der Waals surface area contributed by atoms with Crippen LogP contribution in [0.4, 0.5) is 5.69 Å². The van der Waals surface area contributed by atoms with Crippen LogP contribution in [0.25, 0.3) is 0 Å². The van der Waals surface area contributed by atoms with E-state index in [4.69, 9.17) is 4.74 Å². The van der Waals surface area contributed by atoms with Gasteiger partial charge in [0, 0.05) is 18.8 Å². The van der Waals surface area contributed by atoms with Crippen LogP contribution in [-0.4, -0.2) is 32.5 Å². The molecule has 3 rings (SSSR count). The zero-order valence-corrected chi connectivity index (χ0v) is 13.4. The Morgan fingerprint density at radius 1 is 1.33 bits per heavy atom. The number of carbonyl (C=O) groups excluding carboxylic acids is 1. The summed E-state index contributed by atoms with van der Waals surface area (Å²) in [4.78, 5) is 12.1. The van der Waals surface area contributed by atoms with Gasteiger partial charge in [-0.15, -0.1) is 5.10 Å². The summed E-state index contributed by atoms with van der Waals surface area (Å²) in [6.45, 7) is 3.11. The van der Waals surface area contributed by atoms with Crippen LogP contribution < -0.4 is 10.1 Å². The maximum Gasteiger partial charge on any atom is 0.273 e. The largest absolute Gasteiger partial charge is 0.477 e. The lowest BCUT2D eigenvalue weighted by Crippen LogP contribution is -2.12. The minimum atomic E-state index is -0.281. The molecule has 24 heavy (non-hydrogen) atoms. The standard InChI is InChI=1S/C17H19N5O2/c1-2-24-16-10-15(20-21-16)17(23)19-14-11-18-22(12-14)9-8-13-6-4-3-5-7-13/h3-7,10-12H,2,8-9H2,1H3,(H,19,23)(H,20,21). The molecule has 2 N–H and O–H groups in total. The summed E-state index contributed by atoms with van der Waals surface area (Å²) in [5, 5.41) is 13.6. The Kier molecular flexibility index (Phi) is 4.90. The second-order valence-electron chi connectivity index (χ2n) is 5.23. The molecule has 0 aliphatic heterocycles. The van der Waals surface area contributed by atoms with Crippen LogP contribution in [0.15, 0.2) is 48.8 Å². The monoisotopic (exact) mass is 325 g/mol. The number of hydrogen-bond donors (Lipinski definition) is 2. The first kappa shape index (κ1) is 15.8. The first-order valence-corrected chi connectivity index (χ1v) is 7.80. The number of carbonyl (C=O) groups is 1. The number of aromatic nitrogens is 4. The van der Waals surface area contributed by atoms with Gasteiger partial charge < -0.3 is 10.1 Å². The minimum absolute atomic E-state index is 0.281. The Balaban J connectivity index is 1.56. The van der Waals surface area contributed by atoms with Gasteiger partial charge in [0.2, 0.25) is 5.88 Å². The highest BCUT2D eigenvalue weighted by molar-refractivity contribution is 6.02. The molecular formula is C17H19N5O2. The minimum Gasteiger partial charge on any atom is -0.477 e. The number of aromatic amines is 1.